The van der Waals surface area contributed by atoms with Crippen LogP contribution in [0.3, 0.4) is 0 Å². The normalized spacial score (nSPS) is 38.5. The highest BCUT2D eigenvalue weighted by atomic mass is 16.4. The fourth-order valence-electron chi connectivity index (χ4n) is 1.36. The third-order valence-corrected chi connectivity index (χ3v) is 2.13. The van der Waals surface area contributed by atoms with E-state index >= 15 is 0 Å². The van der Waals surface area contributed by atoms with E-state index in [-0.39, 0.29) is 6.42 Å². The van der Waals surface area contributed by atoms with E-state index in [2.05, 4.69) is 0 Å². The first kappa shape index (κ1) is 8.49. The van der Waals surface area contributed by atoms with Crippen LogP contribution in [-0.2, 0) is 4.79 Å². The first-order chi connectivity index (χ1) is 5.11. The summed E-state index contributed by atoms with van der Waals surface area (Å²) in [4.78, 5) is 10.4. The average molecular weight is 160 g/mol. The van der Waals surface area contributed by atoms with E-state index in [1.54, 1.807) is 0 Å². The van der Waals surface area contributed by atoms with E-state index in [0.29, 0.717) is 12.8 Å². The first-order valence-corrected chi connectivity index (χ1v) is 3.70. The number of hydrogen-bond acceptors (Lipinski definition) is 3. The fourth-order valence-corrected chi connectivity index (χ4v) is 1.36. The zero-order chi connectivity index (χ0) is 8.43. The molecule has 1 fully saturated rings. The monoisotopic (exact) mass is 160 g/mol. The Morgan fingerprint density at radius 3 is 2.27 bits per heavy atom. The molecule has 0 amide bonds. The predicted molar refractivity (Wildman–Crippen MR) is 37.0 cm³/mol. The third-order valence-electron chi connectivity index (χ3n) is 2.13. The topological polar surface area (TPSA) is 77.8 Å². The van der Waals surface area contributed by atoms with Crippen LogP contribution in [-0.4, -0.2) is 33.5 Å². The van der Waals surface area contributed by atoms with E-state index in [9.17, 15) is 4.79 Å². The maximum Gasteiger partial charge on any atom is 0.306 e. The highest BCUT2D eigenvalue weighted by molar-refractivity contribution is 5.70. The van der Waals surface area contributed by atoms with Gasteiger partial charge in [0.2, 0.25) is 0 Å². The SMILES string of the molecule is O=C(O)C1CC[C@H](O)C(O)C1. The summed E-state index contributed by atoms with van der Waals surface area (Å²) in [5.74, 6) is -1.36. The van der Waals surface area contributed by atoms with Crippen LogP contribution in [0.25, 0.3) is 0 Å². The molecular weight excluding hydrogens is 148 g/mol. The molecule has 1 rings (SSSR count). The summed E-state index contributed by atoms with van der Waals surface area (Å²) in [6, 6.07) is 0. The number of aliphatic hydroxyl groups is 2. The Morgan fingerprint density at radius 1 is 1.18 bits per heavy atom. The largest absolute Gasteiger partial charge is 0.481 e. The molecule has 0 heterocycles. The molecule has 1 aliphatic carbocycles. The number of hydrogen-bond donors (Lipinski definition) is 3. The predicted octanol–water partition coefficient (Wildman–Crippen LogP) is -0.407. The third kappa shape index (κ3) is 1.91. The van der Waals surface area contributed by atoms with E-state index < -0.39 is 24.1 Å². The number of aliphatic hydroxyl groups excluding tert-OH is 2. The molecule has 0 saturated heterocycles. The Bertz CT molecular complexity index is 157. The van der Waals surface area contributed by atoms with Crippen molar-refractivity contribution in [2.24, 2.45) is 5.92 Å². The van der Waals surface area contributed by atoms with Crippen LogP contribution in [0.4, 0.5) is 0 Å². The molecule has 0 spiro atoms. The Hall–Kier alpha value is -0.610. The summed E-state index contributed by atoms with van der Waals surface area (Å²) in [6.07, 6.45) is -0.558. The summed E-state index contributed by atoms with van der Waals surface area (Å²) >= 11 is 0. The lowest BCUT2D eigenvalue weighted by atomic mass is 9.85. The second kappa shape index (κ2) is 3.19. The number of carboxylic acid groups (broad SMARTS) is 1. The van der Waals surface area contributed by atoms with Gasteiger partial charge in [0.25, 0.3) is 0 Å². The molecule has 1 saturated carbocycles. The molecule has 0 bridgehead atoms. The van der Waals surface area contributed by atoms with Gasteiger partial charge in [-0.25, -0.2) is 0 Å². The van der Waals surface area contributed by atoms with Crippen molar-refractivity contribution in [3.8, 4) is 0 Å². The lowest BCUT2D eigenvalue weighted by molar-refractivity contribution is -0.146. The van der Waals surface area contributed by atoms with E-state index in [0.717, 1.165) is 0 Å². The first-order valence-electron chi connectivity index (χ1n) is 3.70. The molecule has 3 N–H and O–H groups in total. The van der Waals surface area contributed by atoms with Crippen molar-refractivity contribution in [1.82, 2.24) is 0 Å². The van der Waals surface area contributed by atoms with Crippen LogP contribution in [0.5, 0.6) is 0 Å². The zero-order valence-electron chi connectivity index (χ0n) is 6.10. The quantitative estimate of drug-likeness (QED) is 0.487. The summed E-state index contributed by atoms with van der Waals surface area (Å²) in [5, 5.41) is 26.7. The molecule has 1 aliphatic rings. The summed E-state index contributed by atoms with van der Waals surface area (Å²) in [7, 11) is 0. The second-order valence-corrected chi connectivity index (χ2v) is 2.98. The van der Waals surface area contributed by atoms with Gasteiger partial charge < -0.3 is 15.3 Å². The Morgan fingerprint density at radius 2 is 1.82 bits per heavy atom. The van der Waals surface area contributed by atoms with Gasteiger partial charge in [-0.3, -0.25) is 4.79 Å². The van der Waals surface area contributed by atoms with E-state index in [4.69, 9.17) is 15.3 Å². The molecule has 0 aromatic heterocycles. The molecule has 4 nitrogen and oxygen atoms in total. The van der Waals surface area contributed by atoms with E-state index in [1.807, 2.05) is 0 Å². The molecule has 4 heteroatoms. The summed E-state index contributed by atoms with van der Waals surface area (Å²) < 4.78 is 0. The number of carbonyl (C=O) groups is 1. The van der Waals surface area contributed by atoms with Crippen molar-refractivity contribution in [3.63, 3.8) is 0 Å². The smallest absolute Gasteiger partial charge is 0.306 e. The van der Waals surface area contributed by atoms with Crippen LogP contribution in [0.2, 0.25) is 0 Å². The molecule has 2 unspecified atom stereocenters. The lowest BCUT2D eigenvalue weighted by Gasteiger charge is -2.27. The van der Waals surface area contributed by atoms with Gasteiger partial charge in [0.05, 0.1) is 18.1 Å². The fraction of sp³-hybridized carbons (Fsp3) is 0.857. The molecule has 0 aromatic carbocycles. The van der Waals surface area contributed by atoms with Crippen molar-refractivity contribution < 1.29 is 20.1 Å². The molecule has 0 aliphatic heterocycles. The van der Waals surface area contributed by atoms with Crippen LogP contribution < -0.4 is 0 Å². The number of rotatable bonds is 1. The summed E-state index contributed by atoms with van der Waals surface area (Å²) in [5.41, 5.74) is 0. The van der Waals surface area contributed by atoms with Crippen LogP contribution in [0, 0.1) is 5.92 Å². The van der Waals surface area contributed by atoms with Crippen molar-refractivity contribution in [2.75, 3.05) is 0 Å². The lowest BCUT2D eigenvalue weighted by Crippen LogP contribution is -2.36. The van der Waals surface area contributed by atoms with Crippen LogP contribution in [0.15, 0.2) is 0 Å². The summed E-state index contributed by atoms with van der Waals surface area (Å²) in [6.45, 7) is 0. The van der Waals surface area contributed by atoms with Gasteiger partial charge in [0.15, 0.2) is 0 Å². The van der Waals surface area contributed by atoms with Gasteiger partial charge in [-0.05, 0) is 19.3 Å². The average Bonchev–Trinajstić information content (AvgIpc) is 1.94. The minimum Gasteiger partial charge on any atom is -0.481 e. The molecule has 0 radical (unpaired) electrons. The van der Waals surface area contributed by atoms with Gasteiger partial charge in [0.1, 0.15) is 0 Å². The minimum atomic E-state index is -0.879. The van der Waals surface area contributed by atoms with Crippen molar-refractivity contribution in [2.45, 2.75) is 31.5 Å². The van der Waals surface area contributed by atoms with Crippen LogP contribution >= 0.6 is 0 Å². The van der Waals surface area contributed by atoms with Crippen molar-refractivity contribution in [3.05, 3.63) is 0 Å². The van der Waals surface area contributed by atoms with Crippen molar-refractivity contribution in [1.29, 1.82) is 0 Å². The maximum atomic E-state index is 10.4. The Labute approximate surface area is 64.5 Å². The zero-order valence-corrected chi connectivity index (χ0v) is 6.10. The molecule has 64 valence electrons. The highest BCUT2D eigenvalue weighted by Crippen LogP contribution is 2.24. The van der Waals surface area contributed by atoms with E-state index in [1.165, 1.54) is 0 Å². The Kier molecular flexibility index (Phi) is 2.46. The number of aliphatic carboxylic acids is 1. The van der Waals surface area contributed by atoms with Gasteiger partial charge in [-0.1, -0.05) is 0 Å². The minimum absolute atomic E-state index is 0.177. The van der Waals surface area contributed by atoms with Gasteiger partial charge in [-0.2, -0.15) is 0 Å². The maximum absolute atomic E-state index is 10.4. The molecule has 11 heavy (non-hydrogen) atoms. The van der Waals surface area contributed by atoms with Crippen molar-refractivity contribution >= 4 is 5.97 Å². The van der Waals surface area contributed by atoms with Gasteiger partial charge >= 0.3 is 5.97 Å². The molecule has 0 aromatic rings. The second-order valence-electron chi connectivity index (χ2n) is 2.98. The number of carboxylic acids is 1. The van der Waals surface area contributed by atoms with Gasteiger partial charge in [0, 0.05) is 0 Å². The van der Waals surface area contributed by atoms with Crippen LogP contribution in [0.1, 0.15) is 19.3 Å². The standard InChI is InChI=1S/C7H12O4/c8-5-2-1-4(7(10)11)3-6(5)9/h4-6,8-9H,1-3H2,(H,10,11)/t4?,5-,6?/m0/s1. The molecular formula is C7H12O4. The Balaban J connectivity index is 2.46. The van der Waals surface area contributed by atoms with Gasteiger partial charge in [-0.15, -0.1) is 0 Å². The molecule has 3 atom stereocenters. The highest BCUT2D eigenvalue weighted by Gasteiger charge is 2.31.